The van der Waals surface area contributed by atoms with Crippen molar-refractivity contribution < 1.29 is 18.7 Å². The fourth-order valence-corrected chi connectivity index (χ4v) is 2.91. The van der Waals surface area contributed by atoms with Crippen molar-refractivity contribution in [2.45, 2.75) is 0 Å². The van der Waals surface area contributed by atoms with E-state index in [1.54, 1.807) is 36.5 Å². The van der Waals surface area contributed by atoms with Crippen molar-refractivity contribution in [1.82, 2.24) is 0 Å². The number of carbonyl (C=O) groups is 1. The second-order valence-corrected chi connectivity index (χ2v) is 6.30. The average molecular weight is 409 g/mol. The van der Waals surface area contributed by atoms with Crippen LogP contribution in [-0.4, -0.2) is 19.8 Å². The minimum absolute atomic E-state index is 0.0497. The normalized spacial score (nSPS) is 13.9. The van der Waals surface area contributed by atoms with Gasteiger partial charge in [-0.3, -0.25) is 4.90 Å². The van der Waals surface area contributed by atoms with E-state index in [4.69, 9.17) is 32.7 Å². The lowest BCUT2D eigenvalue weighted by molar-refractivity contribution is -0.136. The molecule has 1 N–H and O–H groups in total. The lowest BCUT2D eigenvalue weighted by Crippen LogP contribution is -2.26. The molecule has 1 aliphatic rings. The third-order valence-corrected chi connectivity index (χ3v) is 4.32. The van der Waals surface area contributed by atoms with Gasteiger partial charge in [-0.2, -0.15) is 0 Å². The molecular weight excluding hydrogens is 394 g/mol. The number of halogens is 3. The second-order valence-electron chi connectivity index (χ2n) is 5.46. The third kappa shape index (κ3) is 4.18. The van der Waals surface area contributed by atoms with Crippen molar-refractivity contribution in [2.24, 2.45) is 0 Å². The highest BCUT2D eigenvalue weighted by molar-refractivity contribution is 6.33. The summed E-state index contributed by atoms with van der Waals surface area (Å²) in [5, 5.41) is 3.81. The van der Waals surface area contributed by atoms with Gasteiger partial charge in [0.05, 0.1) is 17.8 Å². The number of carbonyl (C=O) groups excluding carboxylic acids is 1. The number of hydrogen-bond acceptors (Lipinski definition) is 5. The average Bonchev–Trinajstić information content (AvgIpc) is 3.06. The van der Waals surface area contributed by atoms with Crippen LogP contribution in [0.3, 0.4) is 0 Å². The molecule has 0 bridgehead atoms. The van der Waals surface area contributed by atoms with E-state index in [0.717, 1.165) is 5.69 Å². The molecule has 0 aromatic heterocycles. The van der Waals surface area contributed by atoms with E-state index >= 15 is 0 Å². The van der Waals surface area contributed by atoms with E-state index in [2.05, 4.69) is 5.32 Å². The molecule has 2 aromatic carbocycles. The minimum Gasteiger partial charge on any atom is -0.470 e. The van der Waals surface area contributed by atoms with Gasteiger partial charge < -0.3 is 14.8 Å². The summed E-state index contributed by atoms with van der Waals surface area (Å²) < 4.78 is 24.7. The monoisotopic (exact) mass is 408 g/mol. The maximum absolute atomic E-state index is 14.3. The predicted octanol–water partition coefficient (Wildman–Crippen LogP) is 4.94. The van der Waals surface area contributed by atoms with E-state index in [9.17, 15) is 9.18 Å². The summed E-state index contributed by atoms with van der Waals surface area (Å²) in [5.74, 6) is -1.02. The van der Waals surface area contributed by atoms with Crippen molar-refractivity contribution >= 4 is 40.5 Å². The Kier molecular flexibility index (Phi) is 5.88. The van der Waals surface area contributed by atoms with Gasteiger partial charge in [0.25, 0.3) is 0 Å². The van der Waals surface area contributed by atoms with E-state index < -0.39 is 11.8 Å². The molecule has 0 fully saturated rings. The lowest BCUT2D eigenvalue weighted by Gasteiger charge is -2.20. The van der Waals surface area contributed by atoms with Crippen molar-refractivity contribution in [1.29, 1.82) is 0 Å². The first-order valence-electron chi connectivity index (χ1n) is 7.87. The van der Waals surface area contributed by atoms with E-state index in [1.807, 2.05) is 0 Å². The molecule has 27 heavy (non-hydrogen) atoms. The maximum Gasteiger partial charge on any atom is 0.358 e. The van der Waals surface area contributed by atoms with Gasteiger partial charge in [0.1, 0.15) is 5.82 Å². The molecule has 0 unspecified atom stereocenters. The summed E-state index contributed by atoms with van der Waals surface area (Å²) in [6.07, 6.45) is 3.14. The maximum atomic E-state index is 14.3. The number of rotatable bonds is 5. The summed E-state index contributed by atoms with van der Waals surface area (Å²) in [7, 11) is 1.24. The smallest absolute Gasteiger partial charge is 0.358 e. The Morgan fingerprint density at radius 3 is 2.67 bits per heavy atom. The lowest BCUT2D eigenvalue weighted by atomic mass is 10.2. The predicted molar refractivity (Wildman–Crippen MR) is 103 cm³/mol. The highest BCUT2D eigenvalue weighted by Gasteiger charge is 2.33. The molecule has 1 aliphatic heterocycles. The summed E-state index contributed by atoms with van der Waals surface area (Å²) in [6, 6.07) is 11.3. The Labute approximate surface area is 165 Å². The number of para-hydroxylation sites is 1. The van der Waals surface area contributed by atoms with E-state index in [-0.39, 0.29) is 28.9 Å². The molecule has 1 heterocycles. The summed E-state index contributed by atoms with van der Waals surface area (Å²) >= 11 is 12.0. The van der Waals surface area contributed by atoms with Crippen LogP contribution in [0.25, 0.3) is 0 Å². The van der Waals surface area contributed by atoms with Gasteiger partial charge in [-0.15, -0.1) is 0 Å². The second kappa shape index (κ2) is 8.33. The van der Waals surface area contributed by atoms with Crippen LogP contribution in [0.4, 0.5) is 15.8 Å². The first-order valence-corrected chi connectivity index (χ1v) is 8.62. The van der Waals surface area contributed by atoms with Crippen LogP contribution in [0.2, 0.25) is 10.0 Å². The van der Waals surface area contributed by atoms with Gasteiger partial charge >= 0.3 is 5.97 Å². The van der Waals surface area contributed by atoms with Crippen molar-refractivity contribution in [2.75, 3.05) is 24.1 Å². The number of esters is 1. The molecule has 140 valence electrons. The zero-order valence-corrected chi connectivity index (χ0v) is 15.7. The number of anilines is 2. The summed E-state index contributed by atoms with van der Waals surface area (Å²) in [5.41, 5.74) is 0.898. The largest absolute Gasteiger partial charge is 0.470 e. The Hall–Kier alpha value is -2.70. The van der Waals surface area contributed by atoms with Gasteiger partial charge in [0.15, 0.2) is 18.2 Å². The summed E-state index contributed by atoms with van der Waals surface area (Å²) in [6.45, 7) is -0.0777. The van der Waals surface area contributed by atoms with Gasteiger partial charge in [0.2, 0.25) is 0 Å². The Morgan fingerprint density at radius 1 is 1.26 bits per heavy atom. The molecule has 0 amide bonds. The quantitative estimate of drug-likeness (QED) is 0.710. The first-order chi connectivity index (χ1) is 13.0. The molecule has 0 radical (unpaired) electrons. The third-order valence-electron chi connectivity index (χ3n) is 3.77. The molecule has 3 rings (SSSR count). The highest BCUT2D eigenvalue weighted by atomic mass is 35.5. The number of benzene rings is 2. The fourth-order valence-electron chi connectivity index (χ4n) is 2.52. The van der Waals surface area contributed by atoms with Crippen LogP contribution in [0.1, 0.15) is 0 Å². The van der Waals surface area contributed by atoms with Gasteiger partial charge in [0, 0.05) is 16.9 Å². The van der Waals surface area contributed by atoms with Gasteiger partial charge in [-0.1, -0.05) is 29.3 Å². The van der Waals surface area contributed by atoms with Crippen LogP contribution in [0, 0.1) is 5.82 Å². The molecule has 5 nitrogen and oxygen atoms in total. The van der Waals surface area contributed by atoms with E-state index in [1.165, 1.54) is 30.2 Å². The number of methoxy groups -OCH3 is 1. The van der Waals surface area contributed by atoms with Gasteiger partial charge in [-0.25, -0.2) is 9.18 Å². The molecular formula is C19H15Cl2FN2O3. The highest BCUT2D eigenvalue weighted by Crippen LogP contribution is 2.36. The molecule has 0 atom stereocenters. The van der Waals surface area contributed by atoms with Crippen molar-refractivity contribution in [3.8, 4) is 0 Å². The number of allylic oxidation sites excluding steroid dienone is 1. The zero-order chi connectivity index (χ0) is 19.4. The number of ether oxygens (including phenoxy) is 2. The topological polar surface area (TPSA) is 50.8 Å². The molecule has 2 aromatic rings. The van der Waals surface area contributed by atoms with Crippen LogP contribution in [0.15, 0.2) is 66.2 Å². The van der Waals surface area contributed by atoms with E-state index in [0.29, 0.717) is 5.02 Å². The number of nitrogens with one attached hydrogen (secondary N) is 1. The molecule has 0 aliphatic carbocycles. The molecule has 8 heteroatoms. The van der Waals surface area contributed by atoms with Crippen LogP contribution >= 0.6 is 23.2 Å². The molecule has 0 spiro atoms. The zero-order valence-electron chi connectivity index (χ0n) is 14.2. The standard InChI is InChI=1S/C19H15Cl2FN2O3/c1-26-19(25)18-16(9-10-23-13-7-5-12(20)6-8-13)27-11-24(18)17-14(21)3-2-4-15(17)22/h2-10,23H,11H2,1H3. The van der Waals surface area contributed by atoms with Crippen molar-refractivity contribution in [3.63, 3.8) is 0 Å². The van der Waals surface area contributed by atoms with Gasteiger partial charge in [-0.05, 0) is 42.5 Å². The Morgan fingerprint density at radius 2 is 2.00 bits per heavy atom. The molecule has 0 saturated carbocycles. The SMILES string of the molecule is COC(=O)C1=C(C=CNc2ccc(Cl)cc2)OCN1c1c(F)cccc1Cl. The number of nitrogens with zero attached hydrogens (tertiary/aromatic N) is 1. The van der Waals surface area contributed by atoms with Crippen molar-refractivity contribution in [3.05, 3.63) is 82.1 Å². The minimum atomic E-state index is -0.669. The Bertz CT molecular complexity index is 893. The van der Waals surface area contributed by atoms with Crippen LogP contribution in [0.5, 0.6) is 0 Å². The summed E-state index contributed by atoms with van der Waals surface area (Å²) in [4.78, 5) is 13.6. The fraction of sp³-hybridized carbons (Fsp3) is 0.105. The molecule has 0 saturated heterocycles. The number of hydrogen-bond donors (Lipinski definition) is 1. The van der Waals surface area contributed by atoms with Crippen LogP contribution in [-0.2, 0) is 14.3 Å². The Balaban J connectivity index is 1.90. The first kappa shape index (κ1) is 19.1. The van der Waals surface area contributed by atoms with Crippen LogP contribution < -0.4 is 10.2 Å².